The van der Waals surface area contributed by atoms with E-state index in [-0.39, 0.29) is 29.4 Å². The molecule has 1 fully saturated rings. The molecule has 2 aliphatic carbocycles. The molecule has 0 unspecified atom stereocenters. The summed E-state index contributed by atoms with van der Waals surface area (Å²) in [4.78, 5) is 22.4. The van der Waals surface area contributed by atoms with Gasteiger partial charge >= 0.3 is 11.9 Å². The lowest BCUT2D eigenvalue weighted by atomic mass is 9.90. The van der Waals surface area contributed by atoms with Gasteiger partial charge in [0.1, 0.15) is 6.10 Å². The van der Waals surface area contributed by atoms with Gasteiger partial charge in [-0.3, -0.25) is 9.59 Å². The van der Waals surface area contributed by atoms with Crippen molar-refractivity contribution in [2.24, 2.45) is 11.3 Å². The van der Waals surface area contributed by atoms with Crippen molar-refractivity contribution in [3.63, 3.8) is 0 Å². The van der Waals surface area contributed by atoms with Crippen molar-refractivity contribution in [2.75, 3.05) is 7.11 Å². The first-order chi connectivity index (χ1) is 7.10. The smallest absolute Gasteiger partial charge is 0.313 e. The van der Waals surface area contributed by atoms with Crippen LogP contribution in [0, 0.1) is 11.3 Å². The molecule has 0 aliphatic heterocycles. The molecule has 0 amide bonds. The molecule has 0 bridgehead atoms. The Kier molecular flexibility index (Phi) is 2.29. The highest BCUT2D eigenvalue weighted by atomic mass is 16.5. The minimum Gasteiger partial charge on any atom is -0.469 e. The fourth-order valence-corrected chi connectivity index (χ4v) is 2.29. The summed E-state index contributed by atoms with van der Waals surface area (Å²) in [5.41, 5.74) is -0.196. The third-order valence-corrected chi connectivity index (χ3v) is 3.24. The minimum atomic E-state index is -0.304. The van der Waals surface area contributed by atoms with E-state index in [9.17, 15) is 9.59 Å². The largest absolute Gasteiger partial charge is 0.469 e. The normalized spacial score (nSPS) is 30.3. The van der Waals surface area contributed by atoms with E-state index in [1.54, 1.807) is 12.2 Å². The summed E-state index contributed by atoms with van der Waals surface area (Å²) in [6.07, 6.45) is 5.18. The van der Waals surface area contributed by atoms with Crippen molar-refractivity contribution in [1.29, 1.82) is 0 Å². The molecule has 82 valence electrons. The predicted octanol–water partition coefficient (Wildman–Crippen LogP) is 1.06. The van der Waals surface area contributed by atoms with Gasteiger partial charge in [0.25, 0.3) is 0 Å². The maximum Gasteiger partial charge on any atom is 0.313 e. The van der Waals surface area contributed by atoms with Gasteiger partial charge in [-0.15, -0.1) is 0 Å². The summed E-state index contributed by atoms with van der Waals surface area (Å²) in [7, 11) is 1.38. The van der Waals surface area contributed by atoms with Gasteiger partial charge < -0.3 is 9.47 Å². The lowest BCUT2D eigenvalue weighted by molar-refractivity contribution is -0.153. The molecular weight excluding hydrogens is 196 g/mol. The zero-order valence-corrected chi connectivity index (χ0v) is 8.86. The van der Waals surface area contributed by atoms with Crippen LogP contribution in [0.1, 0.15) is 19.8 Å². The van der Waals surface area contributed by atoms with E-state index in [1.165, 1.54) is 14.0 Å². The summed E-state index contributed by atoms with van der Waals surface area (Å²) in [6, 6.07) is 0. The van der Waals surface area contributed by atoms with Crippen LogP contribution in [0.3, 0.4) is 0 Å². The van der Waals surface area contributed by atoms with Crippen molar-refractivity contribution in [3.05, 3.63) is 12.2 Å². The third kappa shape index (κ3) is 1.54. The number of carbonyl (C=O) groups is 2. The summed E-state index contributed by atoms with van der Waals surface area (Å²) in [5.74, 6) is -0.785. The van der Waals surface area contributed by atoms with Crippen LogP contribution in [-0.2, 0) is 19.1 Å². The van der Waals surface area contributed by atoms with Crippen LogP contribution < -0.4 is 0 Å². The molecule has 0 aromatic carbocycles. The molecule has 0 aromatic heterocycles. The topological polar surface area (TPSA) is 52.6 Å². The minimum absolute atomic E-state index is 0.196. The summed E-state index contributed by atoms with van der Waals surface area (Å²) >= 11 is 0. The van der Waals surface area contributed by atoms with E-state index in [0.29, 0.717) is 0 Å². The van der Waals surface area contributed by atoms with Gasteiger partial charge in [-0.1, -0.05) is 6.08 Å². The zero-order valence-electron chi connectivity index (χ0n) is 8.86. The standard InChI is InChI=1S/C11H14O4/c1-7(12)15-9-4-3-8(10(13)14-2)11(9)5-6-11/h3-4,8-9H,5-6H2,1-2H3/t8-,9-/m1/s1. The number of esters is 2. The van der Waals surface area contributed by atoms with Crippen molar-refractivity contribution < 1.29 is 19.1 Å². The van der Waals surface area contributed by atoms with E-state index in [4.69, 9.17) is 9.47 Å². The molecule has 0 saturated heterocycles. The van der Waals surface area contributed by atoms with E-state index >= 15 is 0 Å². The van der Waals surface area contributed by atoms with Crippen molar-refractivity contribution in [1.82, 2.24) is 0 Å². The number of rotatable bonds is 2. The molecule has 4 heteroatoms. The molecule has 0 radical (unpaired) electrons. The highest BCUT2D eigenvalue weighted by molar-refractivity contribution is 5.77. The van der Waals surface area contributed by atoms with E-state index in [2.05, 4.69) is 0 Å². The predicted molar refractivity (Wildman–Crippen MR) is 51.9 cm³/mol. The van der Waals surface area contributed by atoms with E-state index in [1.807, 2.05) is 0 Å². The Bertz CT molecular complexity index is 327. The van der Waals surface area contributed by atoms with Crippen LogP contribution in [-0.4, -0.2) is 25.2 Å². The summed E-state index contributed by atoms with van der Waals surface area (Å²) < 4.78 is 9.91. The Morgan fingerprint density at radius 3 is 2.47 bits per heavy atom. The SMILES string of the molecule is COC(=O)[C@H]1C=C[C@@H](OC(C)=O)C12CC2. The molecular formula is C11H14O4. The Morgan fingerprint density at radius 2 is 2.00 bits per heavy atom. The quantitative estimate of drug-likeness (QED) is 0.505. The number of hydrogen-bond donors (Lipinski definition) is 0. The van der Waals surface area contributed by atoms with Gasteiger partial charge in [-0.2, -0.15) is 0 Å². The second kappa shape index (κ2) is 3.36. The van der Waals surface area contributed by atoms with Crippen LogP contribution in [0.4, 0.5) is 0 Å². The number of methoxy groups -OCH3 is 1. The van der Waals surface area contributed by atoms with E-state index < -0.39 is 0 Å². The number of hydrogen-bond acceptors (Lipinski definition) is 4. The molecule has 1 spiro atoms. The summed E-state index contributed by atoms with van der Waals surface area (Å²) in [5, 5.41) is 0. The molecule has 0 heterocycles. The molecule has 1 saturated carbocycles. The maximum absolute atomic E-state index is 11.5. The van der Waals surface area contributed by atoms with Gasteiger partial charge in [0.05, 0.1) is 13.0 Å². The zero-order chi connectivity index (χ0) is 11.1. The molecule has 2 atom stereocenters. The van der Waals surface area contributed by atoms with Gasteiger partial charge in [0, 0.05) is 12.3 Å². The fourth-order valence-electron chi connectivity index (χ4n) is 2.29. The maximum atomic E-state index is 11.5. The Balaban J connectivity index is 2.12. The molecule has 2 aliphatic rings. The summed E-state index contributed by atoms with van der Waals surface area (Å²) in [6.45, 7) is 1.38. The number of ether oxygens (including phenoxy) is 2. The first-order valence-corrected chi connectivity index (χ1v) is 5.03. The fraction of sp³-hybridized carbons (Fsp3) is 0.636. The molecule has 4 nitrogen and oxygen atoms in total. The van der Waals surface area contributed by atoms with Crippen LogP contribution in [0.5, 0.6) is 0 Å². The Hall–Kier alpha value is -1.32. The van der Waals surface area contributed by atoms with Crippen molar-refractivity contribution >= 4 is 11.9 Å². The molecule has 0 N–H and O–H groups in total. The van der Waals surface area contributed by atoms with Gasteiger partial charge in [-0.25, -0.2) is 0 Å². The van der Waals surface area contributed by atoms with Crippen LogP contribution in [0.15, 0.2) is 12.2 Å². The first-order valence-electron chi connectivity index (χ1n) is 5.03. The number of carbonyl (C=O) groups excluding carboxylic acids is 2. The monoisotopic (exact) mass is 210 g/mol. The van der Waals surface area contributed by atoms with Crippen LogP contribution in [0.25, 0.3) is 0 Å². The molecule has 0 aromatic rings. The third-order valence-electron chi connectivity index (χ3n) is 3.24. The van der Waals surface area contributed by atoms with Gasteiger partial charge in [-0.05, 0) is 18.9 Å². The molecule has 15 heavy (non-hydrogen) atoms. The first kappa shape index (κ1) is 10.2. The van der Waals surface area contributed by atoms with Crippen LogP contribution >= 0.6 is 0 Å². The average Bonchev–Trinajstić information content (AvgIpc) is 2.88. The van der Waals surface area contributed by atoms with Gasteiger partial charge in [0.15, 0.2) is 0 Å². The van der Waals surface area contributed by atoms with Crippen LogP contribution in [0.2, 0.25) is 0 Å². The molecule has 2 rings (SSSR count). The van der Waals surface area contributed by atoms with Crippen molar-refractivity contribution in [2.45, 2.75) is 25.9 Å². The van der Waals surface area contributed by atoms with Gasteiger partial charge in [0.2, 0.25) is 0 Å². The average molecular weight is 210 g/mol. The van der Waals surface area contributed by atoms with E-state index in [0.717, 1.165) is 12.8 Å². The van der Waals surface area contributed by atoms with Crippen molar-refractivity contribution in [3.8, 4) is 0 Å². The second-order valence-corrected chi connectivity index (χ2v) is 4.15. The lowest BCUT2D eigenvalue weighted by Crippen LogP contribution is -2.31. The highest BCUT2D eigenvalue weighted by Gasteiger charge is 2.60. The lowest BCUT2D eigenvalue weighted by Gasteiger charge is -2.22. The highest BCUT2D eigenvalue weighted by Crippen LogP contribution is 2.59. The Morgan fingerprint density at radius 1 is 1.33 bits per heavy atom. The Labute approximate surface area is 88.2 Å². The second-order valence-electron chi connectivity index (χ2n) is 4.15.